The van der Waals surface area contributed by atoms with Crippen molar-refractivity contribution in [3.8, 4) is 0 Å². The molecule has 0 saturated heterocycles. The van der Waals surface area contributed by atoms with Gasteiger partial charge in [0.25, 0.3) is 0 Å². The number of carbonyl (C=O) groups is 2. The number of halogens is 2. The van der Waals surface area contributed by atoms with Crippen LogP contribution in [0.3, 0.4) is 0 Å². The van der Waals surface area contributed by atoms with E-state index in [1.165, 1.54) is 6.07 Å². The minimum absolute atomic E-state index is 0.0941. The van der Waals surface area contributed by atoms with Crippen LogP contribution in [0.15, 0.2) is 12.1 Å². The zero-order chi connectivity index (χ0) is 13.7. The molecule has 5 nitrogen and oxygen atoms in total. The number of hydrogen-bond donors (Lipinski definition) is 3. The van der Waals surface area contributed by atoms with Gasteiger partial charge < -0.3 is 16.4 Å². The molecule has 4 N–H and O–H groups in total. The van der Waals surface area contributed by atoms with Gasteiger partial charge in [0.2, 0.25) is 11.8 Å². The number of carbonyl (C=O) groups excluding carboxylic acids is 2. The highest BCUT2D eigenvalue weighted by Gasteiger charge is 2.09. The Labute approximate surface area is 108 Å². The third-order valence-electron chi connectivity index (χ3n) is 2.15. The lowest BCUT2D eigenvalue weighted by molar-refractivity contribution is -0.123. The quantitative estimate of drug-likeness (QED) is 0.759. The minimum Gasteiger partial charge on any atom is -0.346 e. The Balaban J connectivity index is 2.65. The number of amides is 2. The maximum Gasteiger partial charge on any atom is 0.243 e. The van der Waals surface area contributed by atoms with Crippen molar-refractivity contribution in [1.82, 2.24) is 5.32 Å². The molecular formula is C11H13ClFN3O2. The van der Waals surface area contributed by atoms with Crippen LogP contribution in [0.4, 0.5) is 10.1 Å². The normalized spacial score (nSPS) is 10.0. The summed E-state index contributed by atoms with van der Waals surface area (Å²) in [5.74, 6) is -1.36. The molecule has 0 radical (unpaired) electrons. The van der Waals surface area contributed by atoms with Crippen LogP contribution in [0.1, 0.15) is 5.56 Å². The zero-order valence-corrected chi connectivity index (χ0v) is 10.5. The standard InChI is InChI=1S/C11H13ClFN3O2/c1-6-2-9(7(12)3-8(6)13)16-11(18)5-15-10(17)4-14/h2-3H,4-5,14H2,1H3,(H,15,17)(H,16,18). The number of nitrogens with two attached hydrogens (primary N) is 1. The summed E-state index contributed by atoms with van der Waals surface area (Å²) in [5, 5.41) is 4.86. The fraction of sp³-hybridized carbons (Fsp3) is 0.273. The molecule has 0 fully saturated rings. The highest BCUT2D eigenvalue weighted by molar-refractivity contribution is 6.33. The van der Waals surface area contributed by atoms with E-state index in [1.807, 2.05) is 0 Å². The minimum atomic E-state index is -0.468. The Kier molecular flexibility index (Phi) is 5.06. The number of aryl methyl sites for hydroxylation is 1. The Morgan fingerprint density at radius 1 is 1.39 bits per heavy atom. The fourth-order valence-electron chi connectivity index (χ4n) is 1.20. The first-order chi connectivity index (χ1) is 8.43. The van der Waals surface area contributed by atoms with E-state index in [-0.39, 0.29) is 18.1 Å². The molecular weight excluding hydrogens is 261 g/mol. The SMILES string of the molecule is Cc1cc(NC(=O)CNC(=O)CN)c(Cl)cc1F. The predicted molar refractivity (Wildman–Crippen MR) is 66.8 cm³/mol. The van der Waals surface area contributed by atoms with Crippen molar-refractivity contribution in [1.29, 1.82) is 0 Å². The molecule has 0 unspecified atom stereocenters. The van der Waals surface area contributed by atoms with Crippen molar-refractivity contribution >= 4 is 29.1 Å². The first-order valence-corrected chi connectivity index (χ1v) is 5.54. The van der Waals surface area contributed by atoms with E-state index < -0.39 is 17.6 Å². The zero-order valence-electron chi connectivity index (χ0n) is 9.72. The van der Waals surface area contributed by atoms with Crippen molar-refractivity contribution in [2.75, 3.05) is 18.4 Å². The molecule has 7 heteroatoms. The monoisotopic (exact) mass is 273 g/mol. The number of anilines is 1. The summed E-state index contributed by atoms with van der Waals surface area (Å²) < 4.78 is 13.1. The summed E-state index contributed by atoms with van der Waals surface area (Å²) in [7, 11) is 0. The molecule has 0 aliphatic carbocycles. The van der Waals surface area contributed by atoms with Crippen LogP contribution in [0, 0.1) is 12.7 Å². The molecule has 1 aromatic carbocycles. The molecule has 0 heterocycles. The largest absolute Gasteiger partial charge is 0.346 e. The van der Waals surface area contributed by atoms with E-state index in [0.29, 0.717) is 11.3 Å². The van der Waals surface area contributed by atoms with Gasteiger partial charge in [-0.15, -0.1) is 0 Å². The predicted octanol–water partition coefficient (Wildman–Crippen LogP) is 0.801. The van der Waals surface area contributed by atoms with Crippen LogP contribution in [-0.2, 0) is 9.59 Å². The van der Waals surface area contributed by atoms with E-state index in [1.54, 1.807) is 6.92 Å². The number of nitrogens with one attached hydrogen (secondary N) is 2. The summed E-state index contributed by atoms with van der Waals surface area (Å²) >= 11 is 5.77. The first-order valence-electron chi connectivity index (χ1n) is 5.16. The van der Waals surface area contributed by atoms with Gasteiger partial charge in [-0.05, 0) is 24.6 Å². The van der Waals surface area contributed by atoms with E-state index in [4.69, 9.17) is 17.3 Å². The van der Waals surface area contributed by atoms with Gasteiger partial charge in [0.15, 0.2) is 0 Å². The Bertz CT molecular complexity index is 480. The van der Waals surface area contributed by atoms with E-state index >= 15 is 0 Å². The van der Waals surface area contributed by atoms with Crippen LogP contribution in [-0.4, -0.2) is 24.9 Å². The van der Waals surface area contributed by atoms with Gasteiger partial charge in [0, 0.05) is 0 Å². The molecule has 0 saturated carbocycles. The molecule has 0 spiro atoms. The second kappa shape index (κ2) is 6.32. The Morgan fingerprint density at radius 2 is 2.06 bits per heavy atom. The smallest absolute Gasteiger partial charge is 0.243 e. The maximum atomic E-state index is 13.1. The summed E-state index contributed by atoms with van der Waals surface area (Å²) in [6, 6.07) is 2.53. The molecule has 0 atom stereocenters. The third-order valence-corrected chi connectivity index (χ3v) is 2.47. The third kappa shape index (κ3) is 3.97. The lowest BCUT2D eigenvalue weighted by Gasteiger charge is -2.09. The fourth-order valence-corrected chi connectivity index (χ4v) is 1.40. The van der Waals surface area contributed by atoms with Crippen LogP contribution in [0.25, 0.3) is 0 Å². The van der Waals surface area contributed by atoms with Crippen LogP contribution in [0.5, 0.6) is 0 Å². The molecule has 1 aromatic rings. The van der Waals surface area contributed by atoms with Gasteiger partial charge in [-0.1, -0.05) is 11.6 Å². The molecule has 2 amide bonds. The summed E-state index contributed by atoms with van der Waals surface area (Å²) in [5.41, 5.74) is 5.72. The van der Waals surface area contributed by atoms with Crippen LogP contribution < -0.4 is 16.4 Å². The molecule has 0 bridgehead atoms. The number of hydrogen-bond acceptors (Lipinski definition) is 3. The van der Waals surface area contributed by atoms with E-state index in [9.17, 15) is 14.0 Å². The van der Waals surface area contributed by atoms with Crippen molar-refractivity contribution < 1.29 is 14.0 Å². The number of benzene rings is 1. The molecule has 1 rings (SSSR count). The number of rotatable bonds is 4. The van der Waals surface area contributed by atoms with Crippen LogP contribution in [0.2, 0.25) is 5.02 Å². The first kappa shape index (κ1) is 14.4. The summed E-state index contributed by atoms with van der Waals surface area (Å²) in [6.45, 7) is 1.14. The van der Waals surface area contributed by atoms with Crippen molar-refractivity contribution in [2.24, 2.45) is 5.73 Å². The Morgan fingerprint density at radius 3 is 2.67 bits per heavy atom. The summed E-state index contributed by atoms with van der Waals surface area (Å²) in [6.07, 6.45) is 0. The molecule has 0 aliphatic rings. The van der Waals surface area contributed by atoms with Crippen molar-refractivity contribution in [2.45, 2.75) is 6.92 Å². The van der Waals surface area contributed by atoms with Crippen molar-refractivity contribution in [3.05, 3.63) is 28.5 Å². The average Bonchev–Trinajstić information content (AvgIpc) is 2.33. The lowest BCUT2D eigenvalue weighted by atomic mass is 10.2. The highest BCUT2D eigenvalue weighted by atomic mass is 35.5. The van der Waals surface area contributed by atoms with Gasteiger partial charge in [-0.2, -0.15) is 0 Å². The topological polar surface area (TPSA) is 84.2 Å². The maximum absolute atomic E-state index is 13.1. The van der Waals surface area contributed by atoms with E-state index in [0.717, 1.165) is 6.07 Å². The van der Waals surface area contributed by atoms with Gasteiger partial charge in [0.05, 0.1) is 23.8 Å². The van der Waals surface area contributed by atoms with Gasteiger partial charge in [-0.25, -0.2) is 4.39 Å². The molecule has 0 aliphatic heterocycles. The molecule has 98 valence electrons. The van der Waals surface area contributed by atoms with E-state index in [2.05, 4.69) is 10.6 Å². The van der Waals surface area contributed by atoms with Gasteiger partial charge in [0.1, 0.15) is 5.82 Å². The highest BCUT2D eigenvalue weighted by Crippen LogP contribution is 2.24. The Hall–Kier alpha value is -1.66. The second-order valence-electron chi connectivity index (χ2n) is 3.61. The second-order valence-corrected chi connectivity index (χ2v) is 4.02. The molecule has 18 heavy (non-hydrogen) atoms. The lowest BCUT2D eigenvalue weighted by Crippen LogP contribution is -2.36. The summed E-state index contributed by atoms with van der Waals surface area (Å²) in [4.78, 5) is 22.3. The van der Waals surface area contributed by atoms with Gasteiger partial charge >= 0.3 is 0 Å². The van der Waals surface area contributed by atoms with Gasteiger partial charge in [-0.3, -0.25) is 9.59 Å². The van der Waals surface area contributed by atoms with Crippen molar-refractivity contribution in [3.63, 3.8) is 0 Å². The average molecular weight is 274 g/mol. The van der Waals surface area contributed by atoms with Crippen LogP contribution >= 0.6 is 11.6 Å². The molecule has 0 aromatic heterocycles.